The second-order valence-electron chi connectivity index (χ2n) is 5.73. The molecule has 120 valence electrons. The van der Waals surface area contributed by atoms with Crippen molar-refractivity contribution in [2.75, 3.05) is 18.1 Å². The van der Waals surface area contributed by atoms with Crippen LogP contribution >= 0.6 is 12.2 Å². The van der Waals surface area contributed by atoms with Crippen LogP contribution in [0.5, 0.6) is 0 Å². The molecule has 1 fully saturated rings. The molecule has 0 aromatic heterocycles. The molecule has 0 saturated carbocycles. The van der Waals surface area contributed by atoms with Crippen molar-refractivity contribution in [1.82, 2.24) is 5.32 Å². The predicted molar refractivity (Wildman–Crippen MR) is 98.6 cm³/mol. The van der Waals surface area contributed by atoms with Gasteiger partial charge in [0.05, 0.1) is 12.6 Å². The third-order valence-electron chi connectivity index (χ3n) is 4.00. The molecule has 3 nitrogen and oxygen atoms in total. The van der Waals surface area contributed by atoms with Crippen LogP contribution in [0.3, 0.4) is 0 Å². The third-order valence-corrected chi connectivity index (χ3v) is 4.37. The highest BCUT2D eigenvalue weighted by Gasteiger charge is 2.18. The summed E-state index contributed by atoms with van der Waals surface area (Å²) in [6.45, 7) is 2.39. The first-order chi connectivity index (χ1) is 11.3. The van der Waals surface area contributed by atoms with Gasteiger partial charge in [-0.2, -0.15) is 0 Å². The zero-order valence-corrected chi connectivity index (χ0v) is 14.0. The predicted octanol–water partition coefficient (Wildman–Crippen LogP) is 3.75. The summed E-state index contributed by atoms with van der Waals surface area (Å²) in [5, 5.41) is 4.12. The van der Waals surface area contributed by atoms with Crippen LogP contribution in [0.2, 0.25) is 0 Å². The minimum Gasteiger partial charge on any atom is -0.376 e. The lowest BCUT2D eigenvalue weighted by Gasteiger charge is -2.27. The standard InChI is InChI=1S/C19H22N2OS/c23-19(20-14-18-12-7-13-22-18)21(17-10-5-2-6-11-17)15-16-8-3-1-4-9-16/h1-6,8-11,18H,7,12-15H2,(H,20,23)/t18-/m1/s1. The van der Waals surface area contributed by atoms with Crippen molar-refractivity contribution in [2.45, 2.75) is 25.5 Å². The lowest BCUT2D eigenvalue weighted by molar-refractivity contribution is 0.114. The highest BCUT2D eigenvalue weighted by atomic mass is 32.1. The van der Waals surface area contributed by atoms with E-state index >= 15 is 0 Å². The van der Waals surface area contributed by atoms with Gasteiger partial charge in [0.2, 0.25) is 0 Å². The van der Waals surface area contributed by atoms with E-state index in [1.165, 1.54) is 5.56 Å². The van der Waals surface area contributed by atoms with E-state index in [1.807, 2.05) is 24.3 Å². The van der Waals surface area contributed by atoms with Crippen LogP contribution in [-0.2, 0) is 11.3 Å². The fraction of sp³-hybridized carbons (Fsp3) is 0.316. The molecule has 1 aliphatic heterocycles. The molecule has 0 radical (unpaired) electrons. The molecular formula is C19H22N2OS. The van der Waals surface area contributed by atoms with Crippen molar-refractivity contribution in [3.05, 3.63) is 66.2 Å². The van der Waals surface area contributed by atoms with Gasteiger partial charge in [-0.25, -0.2) is 0 Å². The Hall–Kier alpha value is -1.91. The van der Waals surface area contributed by atoms with Crippen molar-refractivity contribution >= 4 is 23.0 Å². The first-order valence-corrected chi connectivity index (χ1v) is 8.50. The molecule has 1 heterocycles. The Labute approximate surface area is 143 Å². The summed E-state index contributed by atoms with van der Waals surface area (Å²) in [7, 11) is 0. The Kier molecular flexibility index (Phi) is 5.61. The number of thiocarbonyl (C=S) groups is 1. The summed E-state index contributed by atoms with van der Waals surface area (Å²) in [4.78, 5) is 2.14. The SMILES string of the molecule is S=C(NC[C@H]1CCCO1)N(Cc1ccccc1)c1ccccc1. The molecule has 4 heteroatoms. The zero-order valence-electron chi connectivity index (χ0n) is 13.2. The van der Waals surface area contributed by atoms with Crippen LogP contribution in [0.4, 0.5) is 5.69 Å². The number of nitrogens with zero attached hydrogens (tertiary/aromatic N) is 1. The van der Waals surface area contributed by atoms with Crippen molar-refractivity contribution < 1.29 is 4.74 Å². The van der Waals surface area contributed by atoms with E-state index in [-0.39, 0.29) is 6.10 Å². The maximum Gasteiger partial charge on any atom is 0.173 e. The smallest absolute Gasteiger partial charge is 0.173 e. The Morgan fingerprint density at radius 1 is 1.09 bits per heavy atom. The molecule has 2 aromatic carbocycles. The van der Waals surface area contributed by atoms with E-state index in [9.17, 15) is 0 Å². The summed E-state index contributed by atoms with van der Waals surface area (Å²) in [5.74, 6) is 0. The molecule has 0 bridgehead atoms. The molecule has 0 amide bonds. The Morgan fingerprint density at radius 2 is 1.78 bits per heavy atom. The van der Waals surface area contributed by atoms with E-state index in [0.717, 1.165) is 43.3 Å². The minimum absolute atomic E-state index is 0.280. The minimum atomic E-state index is 0.280. The normalized spacial score (nSPS) is 17.0. The van der Waals surface area contributed by atoms with E-state index in [0.29, 0.717) is 0 Å². The third kappa shape index (κ3) is 4.53. The number of rotatable bonds is 5. The number of para-hydroxylation sites is 1. The average molecular weight is 326 g/mol. The van der Waals surface area contributed by atoms with E-state index in [1.54, 1.807) is 0 Å². The first kappa shape index (κ1) is 16.0. The van der Waals surface area contributed by atoms with Gasteiger partial charge in [-0.15, -0.1) is 0 Å². The molecule has 0 unspecified atom stereocenters. The van der Waals surface area contributed by atoms with Crippen LogP contribution in [-0.4, -0.2) is 24.4 Å². The van der Waals surface area contributed by atoms with Crippen molar-refractivity contribution in [3.8, 4) is 0 Å². The number of benzene rings is 2. The molecule has 2 aromatic rings. The number of hydrogen-bond donors (Lipinski definition) is 1. The highest BCUT2D eigenvalue weighted by Crippen LogP contribution is 2.18. The van der Waals surface area contributed by atoms with Gasteiger partial charge >= 0.3 is 0 Å². The van der Waals surface area contributed by atoms with Gasteiger partial charge < -0.3 is 15.0 Å². The van der Waals surface area contributed by atoms with Crippen molar-refractivity contribution in [1.29, 1.82) is 0 Å². The molecule has 1 atom stereocenters. The number of nitrogens with one attached hydrogen (secondary N) is 1. The lowest BCUT2D eigenvalue weighted by atomic mass is 10.2. The fourth-order valence-electron chi connectivity index (χ4n) is 2.76. The number of hydrogen-bond acceptors (Lipinski definition) is 2. The Morgan fingerprint density at radius 3 is 2.43 bits per heavy atom. The van der Waals surface area contributed by atoms with Gasteiger partial charge in [-0.1, -0.05) is 48.5 Å². The van der Waals surface area contributed by atoms with Gasteiger partial charge in [0.15, 0.2) is 5.11 Å². The molecule has 1 saturated heterocycles. The molecule has 0 spiro atoms. The van der Waals surface area contributed by atoms with Gasteiger partial charge in [0.1, 0.15) is 0 Å². The van der Waals surface area contributed by atoms with Crippen LogP contribution < -0.4 is 10.2 Å². The highest BCUT2D eigenvalue weighted by molar-refractivity contribution is 7.80. The molecule has 3 rings (SSSR count). The molecular weight excluding hydrogens is 304 g/mol. The largest absolute Gasteiger partial charge is 0.376 e. The van der Waals surface area contributed by atoms with Crippen LogP contribution in [0.1, 0.15) is 18.4 Å². The second-order valence-corrected chi connectivity index (χ2v) is 6.12. The number of ether oxygens (including phenoxy) is 1. The van der Waals surface area contributed by atoms with E-state index < -0.39 is 0 Å². The summed E-state index contributed by atoms with van der Waals surface area (Å²) in [5.41, 5.74) is 2.33. The van der Waals surface area contributed by atoms with Gasteiger partial charge in [-0.3, -0.25) is 0 Å². The van der Waals surface area contributed by atoms with Crippen molar-refractivity contribution in [3.63, 3.8) is 0 Å². The van der Waals surface area contributed by atoms with Gasteiger partial charge in [0, 0.05) is 18.8 Å². The molecule has 1 N–H and O–H groups in total. The number of anilines is 1. The Bertz CT molecular complexity index is 612. The summed E-state index contributed by atoms with van der Waals surface area (Å²) in [6, 6.07) is 20.7. The van der Waals surface area contributed by atoms with Crippen LogP contribution in [0.25, 0.3) is 0 Å². The van der Waals surface area contributed by atoms with Gasteiger partial charge in [0.25, 0.3) is 0 Å². The molecule has 0 aliphatic carbocycles. The fourth-order valence-corrected chi connectivity index (χ4v) is 3.01. The average Bonchev–Trinajstić information content (AvgIpc) is 3.13. The quantitative estimate of drug-likeness (QED) is 0.846. The van der Waals surface area contributed by atoms with E-state index in [2.05, 4.69) is 46.6 Å². The molecule has 23 heavy (non-hydrogen) atoms. The topological polar surface area (TPSA) is 24.5 Å². The maximum absolute atomic E-state index is 5.67. The van der Waals surface area contributed by atoms with E-state index in [4.69, 9.17) is 17.0 Å². The summed E-state index contributed by atoms with van der Waals surface area (Å²) < 4.78 is 5.67. The lowest BCUT2D eigenvalue weighted by Crippen LogP contribution is -2.42. The summed E-state index contributed by atoms with van der Waals surface area (Å²) in [6.07, 6.45) is 2.54. The monoisotopic (exact) mass is 326 g/mol. The van der Waals surface area contributed by atoms with Crippen LogP contribution in [0.15, 0.2) is 60.7 Å². The zero-order chi connectivity index (χ0) is 15.9. The van der Waals surface area contributed by atoms with Gasteiger partial charge in [-0.05, 0) is 42.8 Å². The Balaban J connectivity index is 1.70. The van der Waals surface area contributed by atoms with Crippen molar-refractivity contribution in [2.24, 2.45) is 0 Å². The summed E-state index contributed by atoms with van der Waals surface area (Å²) >= 11 is 5.65. The van der Waals surface area contributed by atoms with Crippen LogP contribution in [0, 0.1) is 0 Å². The second kappa shape index (κ2) is 8.09. The first-order valence-electron chi connectivity index (χ1n) is 8.09. The molecule has 1 aliphatic rings. The maximum atomic E-state index is 5.67.